The third-order valence-corrected chi connectivity index (χ3v) is 8.07. The third kappa shape index (κ3) is 2.92. The van der Waals surface area contributed by atoms with Gasteiger partial charge in [0, 0.05) is 11.6 Å². The molecule has 1 heterocycles. The van der Waals surface area contributed by atoms with Crippen LogP contribution in [-0.4, -0.2) is 9.55 Å². The van der Waals surface area contributed by atoms with Gasteiger partial charge in [0.2, 0.25) is 0 Å². The van der Waals surface area contributed by atoms with E-state index in [9.17, 15) is 0 Å². The van der Waals surface area contributed by atoms with Gasteiger partial charge in [0.15, 0.2) is 0 Å². The molecule has 7 aromatic carbocycles. The second-order valence-corrected chi connectivity index (χ2v) is 10.6. The van der Waals surface area contributed by atoms with Crippen LogP contribution in [0.2, 0.25) is 0 Å². The topological polar surface area (TPSA) is 17.8 Å². The smallest absolute Gasteiger partial charge is 0.117 e. The Morgan fingerprint density at radius 2 is 1.18 bits per heavy atom. The largest absolute Gasteiger partial charge is 0.296 e. The van der Waals surface area contributed by atoms with Gasteiger partial charge in [-0.2, -0.15) is 0 Å². The van der Waals surface area contributed by atoms with Crippen LogP contribution < -0.4 is 0 Å². The van der Waals surface area contributed by atoms with E-state index < -0.39 is 0 Å². The van der Waals surface area contributed by atoms with E-state index in [2.05, 4.69) is 134 Å². The quantitative estimate of drug-likeness (QED) is 0.179. The highest BCUT2D eigenvalue weighted by Gasteiger charge is 2.17. The van der Waals surface area contributed by atoms with Gasteiger partial charge in [0.1, 0.15) is 5.82 Å². The molecule has 0 radical (unpaired) electrons. The fourth-order valence-electron chi connectivity index (χ4n) is 6.39. The van der Waals surface area contributed by atoms with E-state index in [1.165, 1.54) is 54.2 Å². The minimum absolute atomic E-state index is 0.329. The van der Waals surface area contributed by atoms with E-state index in [-0.39, 0.29) is 0 Å². The van der Waals surface area contributed by atoms with Crippen molar-refractivity contribution in [3.05, 3.63) is 121 Å². The summed E-state index contributed by atoms with van der Waals surface area (Å²) >= 11 is 0. The maximum Gasteiger partial charge on any atom is 0.117 e. The van der Waals surface area contributed by atoms with Crippen LogP contribution in [0.3, 0.4) is 0 Å². The van der Waals surface area contributed by atoms with Crippen molar-refractivity contribution in [3.63, 3.8) is 0 Å². The molecule has 0 amide bonds. The minimum Gasteiger partial charge on any atom is -0.296 e. The van der Waals surface area contributed by atoms with Crippen molar-refractivity contribution in [2.75, 3.05) is 0 Å². The Kier molecular flexibility index (Phi) is 4.45. The summed E-state index contributed by atoms with van der Waals surface area (Å²) in [5.74, 6) is 1.42. The van der Waals surface area contributed by atoms with Crippen LogP contribution in [-0.2, 0) is 0 Å². The molecule has 0 spiro atoms. The van der Waals surface area contributed by atoms with Gasteiger partial charge in [-0.3, -0.25) is 4.57 Å². The summed E-state index contributed by atoms with van der Waals surface area (Å²) in [5.41, 5.74) is 5.83. The standard InChI is InChI=1S/C36H26N2/c1-22(2)36-37-32-14-3-4-15-33(32)38(36)25-18-16-23(17-19-25)26-20-21-31-29-11-6-9-24-8-5-10-28(34(24)29)30-13-7-12-27(26)35(30)31/h3-22H,1-2H3. The molecule has 2 nitrogen and oxygen atoms in total. The second kappa shape index (κ2) is 7.90. The van der Waals surface area contributed by atoms with Crippen LogP contribution in [0.4, 0.5) is 0 Å². The number of fused-ring (bicyclic) bond motifs is 3. The summed E-state index contributed by atoms with van der Waals surface area (Å²) in [4.78, 5) is 4.94. The molecule has 38 heavy (non-hydrogen) atoms. The molecule has 8 rings (SSSR count). The van der Waals surface area contributed by atoms with E-state index in [1.807, 2.05) is 0 Å². The van der Waals surface area contributed by atoms with E-state index in [0.717, 1.165) is 22.5 Å². The number of hydrogen-bond acceptors (Lipinski definition) is 1. The first-order valence-corrected chi connectivity index (χ1v) is 13.4. The first kappa shape index (κ1) is 21.4. The Bertz CT molecular complexity index is 2100. The zero-order valence-electron chi connectivity index (χ0n) is 21.4. The highest BCUT2D eigenvalue weighted by Crippen LogP contribution is 2.43. The van der Waals surface area contributed by atoms with Gasteiger partial charge >= 0.3 is 0 Å². The number of para-hydroxylation sites is 2. The summed E-state index contributed by atoms with van der Waals surface area (Å²) in [6.07, 6.45) is 0. The number of aromatic nitrogens is 2. The Morgan fingerprint density at radius 3 is 1.92 bits per heavy atom. The molecule has 0 saturated carbocycles. The van der Waals surface area contributed by atoms with E-state index in [0.29, 0.717) is 5.92 Å². The van der Waals surface area contributed by atoms with Gasteiger partial charge in [0.05, 0.1) is 11.0 Å². The van der Waals surface area contributed by atoms with E-state index in [1.54, 1.807) is 0 Å². The molecular formula is C36H26N2. The lowest BCUT2D eigenvalue weighted by Gasteiger charge is -2.17. The molecule has 0 N–H and O–H groups in total. The highest BCUT2D eigenvalue weighted by molar-refractivity contribution is 6.34. The maximum atomic E-state index is 4.94. The average Bonchev–Trinajstić information content (AvgIpc) is 3.36. The van der Waals surface area contributed by atoms with Crippen molar-refractivity contribution in [1.82, 2.24) is 9.55 Å². The lowest BCUT2D eigenvalue weighted by molar-refractivity contribution is 0.760. The number of rotatable bonds is 3. The summed E-state index contributed by atoms with van der Waals surface area (Å²) in [7, 11) is 0. The molecule has 2 heteroatoms. The Morgan fingerprint density at radius 1 is 0.553 bits per heavy atom. The molecule has 0 aliphatic rings. The maximum absolute atomic E-state index is 4.94. The van der Waals surface area contributed by atoms with Crippen molar-refractivity contribution in [3.8, 4) is 16.8 Å². The van der Waals surface area contributed by atoms with Gasteiger partial charge in [-0.05, 0) is 78.5 Å². The molecule has 0 saturated heterocycles. The third-order valence-electron chi connectivity index (χ3n) is 8.07. The lowest BCUT2D eigenvalue weighted by Crippen LogP contribution is -2.03. The second-order valence-electron chi connectivity index (χ2n) is 10.6. The van der Waals surface area contributed by atoms with Gasteiger partial charge in [-0.1, -0.05) is 105 Å². The molecule has 0 aliphatic carbocycles. The van der Waals surface area contributed by atoms with Crippen molar-refractivity contribution >= 4 is 54.1 Å². The Hall–Kier alpha value is -4.69. The van der Waals surface area contributed by atoms with Gasteiger partial charge in [-0.25, -0.2) is 4.98 Å². The molecule has 0 unspecified atom stereocenters. The summed E-state index contributed by atoms with van der Waals surface area (Å²) in [6.45, 7) is 4.42. The van der Waals surface area contributed by atoms with E-state index >= 15 is 0 Å². The molecule has 8 aromatic rings. The fourth-order valence-corrected chi connectivity index (χ4v) is 6.39. The summed E-state index contributed by atoms with van der Waals surface area (Å²) < 4.78 is 2.30. The van der Waals surface area contributed by atoms with Gasteiger partial charge in [0.25, 0.3) is 0 Å². The van der Waals surface area contributed by atoms with Crippen molar-refractivity contribution in [2.45, 2.75) is 19.8 Å². The predicted octanol–water partition coefficient (Wildman–Crippen LogP) is 9.87. The number of imidazole rings is 1. The molecule has 0 bridgehead atoms. The first-order chi connectivity index (χ1) is 18.7. The van der Waals surface area contributed by atoms with Gasteiger partial charge < -0.3 is 0 Å². The molecular weight excluding hydrogens is 460 g/mol. The zero-order chi connectivity index (χ0) is 25.4. The Labute approximate surface area is 221 Å². The van der Waals surface area contributed by atoms with Crippen LogP contribution in [0, 0.1) is 0 Å². The van der Waals surface area contributed by atoms with Crippen LogP contribution in [0.5, 0.6) is 0 Å². The van der Waals surface area contributed by atoms with E-state index in [4.69, 9.17) is 4.98 Å². The normalized spacial score (nSPS) is 12.2. The molecule has 180 valence electrons. The highest BCUT2D eigenvalue weighted by atomic mass is 15.1. The molecule has 0 fully saturated rings. The molecule has 0 atom stereocenters. The van der Waals surface area contributed by atoms with Gasteiger partial charge in [-0.15, -0.1) is 0 Å². The summed E-state index contributed by atoms with van der Waals surface area (Å²) in [5, 5.41) is 10.6. The zero-order valence-corrected chi connectivity index (χ0v) is 21.4. The minimum atomic E-state index is 0.329. The Balaban J connectivity index is 1.35. The fraction of sp³-hybridized carbons (Fsp3) is 0.0833. The monoisotopic (exact) mass is 486 g/mol. The van der Waals surface area contributed by atoms with Crippen LogP contribution in [0.25, 0.3) is 70.9 Å². The first-order valence-electron chi connectivity index (χ1n) is 13.4. The van der Waals surface area contributed by atoms with Crippen LogP contribution in [0.1, 0.15) is 25.6 Å². The predicted molar refractivity (Wildman–Crippen MR) is 162 cm³/mol. The van der Waals surface area contributed by atoms with Crippen molar-refractivity contribution in [2.24, 2.45) is 0 Å². The number of nitrogens with zero attached hydrogens (tertiary/aromatic N) is 2. The molecule has 0 aliphatic heterocycles. The summed E-state index contributed by atoms with van der Waals surface area (Å²) in [6, 6.07) is 42.1. The lowest BCUT2D eigenvalue weighted by atomic mass is 9.87. The number of benzene rings is 7. The van der Waals surface area contributed by atoms with Crippen molar-refractivity contribution in [1.29, 1.82) is 0 Å². The van der Waals surface area contributed by atoms with Crippen LogP contribution in [0.15, 0.2) is 115 Å². The SMILES string of the molecule is CC(C)c1nc2ccccc2n1-c1ccc(-c2ccc3c4cccc5cccc(c6cccc2c63)c54)cc1. The van der Waals surface area contributed by atoms with Crippen LogP contribution >= 0.6 is 0 Å². The van der Waals surface area contributed by atoms with Crippen molar-refractivity contribution < 1.29 is 0 Å². The molecule has 1 aromatic heterocycles. The number of hydrogen-bond donors (Lipinski definition) is 0. The average molecular weight is 487 g/mol.